The number of anilines is 1. The van der Waals surface area contributed by atoms with Gasteiger partial charge >= 0.3 is 0 Å². The molecule has 174 valence electrons. The van der Waals surface area contributed by atoms with Gasteiger partial charge in [0, 0.05) is 17.6 Å². The minimum Gasteiger partial charge on any atom is -0.406 e. The molecule has 33 heavy (non-hydrogen) atoms. The average molecular weight is 502 g/mol. The summed E-state index contributed by atoms with van der Waals surface area (Å²) in [6.45, 7) is 6.40. The molecule has 0 unspecified atom stereocenters. The lowest BCUT2D eigenvalue weighted by atomic mass is 9.80. The maximum absolute atomic E-state index is 12.4. The van der Waals surface area contributed by atoms with E-state index < -0.39 is 15.4 Å². The largest absolute Gasteiger partial charge is 0.406 e. The zero-order valence-corrected chi connectivity index (χ0v) is 22.4. The Hall–Kier alpha value is -2.15. The first-order valence-corrected chi connectivity index (χ1v) is 12.9. The molecule has 7 heteroatoms. The molecular formula is C26H30Cl2N2O2Si. The number of amides is 1. The van der Waals surface area contributed by atoms with Gasteiger partial charge in [-0.15, -0.1) is 0 Å². The fraction of sp³-hybridized carbons (Fsp3) is 0.269. The highest BCUT2D eigenvalue weighted by atomic mass is 35.5. The van der Waals surface area contributed by atoms with E-state index in [0.717, 1.165) is 11.1 Å². The summed E-state index contributed by atoms with van der Waals surface area (Å²) < 4.78 is 6.98. The third-order valence-corrected chi connectivity index (χ3v) is 7.56. The number of carbonyl (C=O) groups is 1. The summed E-state index contributed by atoms with van der Waals surface area (Å²) in [7, 11) is 0.571. The van der Waals surface area contributed by atoms with Crippen LogP contribution in [0.5, 0.6) is 0 Å². The van der Waals surface area contributed by atoms with E-state index in [0.29, 0.717) is 21.3 Å². The predicted octanol–water partition coefficient (Wildman–Crippen LogP) is 5.53. The van der Waals surface area contributed by atoms with Gasteiger partial charge in [0.2, 0.25) is 5.91 Å². The molecule has 3 aromatic rings. The number of halogens is 2. The van der Waals surface area contributed by atoms with Crippen LogP contribution < -0.4 is 10.6 Å². The maximum Gasteiger partial charge on any atom is 0.240 e. The van der Waals surface area contributed by atoms with Crippen molar-refractivity contribution in [3.05, 3.63) is 99.5 Å². The molecule has 0 radical (unpaired) electrons. The molecule has 1 amide bonds. The number of carbonyl (C=O) groups excluding carboxylic acids is 1. The fourth-order valence-electron chi connectivity index (χ4n) is 3.76. The minimum atomic E-state index is -1.09. The van der Waals surface area contributed by atoms with Gasteiger partial charge < -0.3 is 15.1 Å². The van der Waals surface area contributed by atoms with E-state index in [4.69, 9.17) is 33.4 Å². The second kappa shape index (κ2) is 10.4. The summed E-state index contributed by atoms with van der Waals surface area (Å²) in [5.41, 5.74) is 7.56. The highest BCUT2D eigenvalue weighted by molar-refractivity contribution is 6.39. The van der Waals surface area contributed by atoms with Crippen molar-refractivity contribution in [3.8, 4) is 0 Å². The van der Waals surface area contributed by atoms with Gasteiger partial charge in [0.05, 0.1) is 17.3 Å². The average Bonchev–Trinajstić information content (AvgIpc) is 2.81. The number of rotatable bonds is 7. The molecular weight excluding hydrogens is 471 g/mol. The summed E-state index contributed by atoms with van der Waals surface area (Å²) in [6, 6.07) is 23.4. The van der Waals surface area contributed by atoms with Gasteiger partial charge in [0.25, 0.3) is 0 Å². The van der Waals surface area contributed by atoms with Gasteiger partial charge in [-0.2, -0.15) is 0 Å². The van der Waals surface area contributed by atoms with E-state index in [1.54, 1.807) is 19.2 Å². The van der Waals surface area contributed by atoms with Gasteiger partial charge in [0.15, 0.2) is 9.76 Å². The van der Waals surface area contributed by atoms with Gasteiger partial charge in [-0.1, -0.05) is 105 Å². The first kappa shape index (κ1) is 25.5. The van der Waals surface area contributed by atoms with Crippen LogP contribution in [0.25, 0.3) is 0 Å². The molecule has 0 fully saturated rings. The van der Waals surface area contributed by atoms with Crippen molar-refractivity contribution in [1.29, 1.82) is 0 Å². The zero-order chi connectivity index (χ0) is 24.2. The predicted molar refractivity (Wildman–Crippen MR) is 141 cm³/mol. The molecule has 4 nitrogen and oxygen atoms in total. The lowest BCUT2D eigenvalue weighted by Crippen LogP contribution is -2.38. The van der Waals surface area contributed by atoms with E-state index in [-0.39, 0.29) is 17.5 Å². The Kier molecular flexibility index (Phi) is 8.03. The van der Waals surface area contributed by atoms with Crippen molar-refractivity contribution >= 4 is 44.6 Å². The van der Waals surface area contributed by atoms with Crippen molar-refractivity contribution in [2.75, 3.05) is 18.5 Å². The SMILES string of the molecule is CN(C(=O)CN)c1ccc(Cl)c(C(O[SiH2]C(C)(C)C)(c2ccccc2)c2ccccc2)c1Cl. The van der Waals surface area contributed by atoms with Crippen molar-refractivity contribution < 1.29 is 9.22 Å². The Morgan fingerprint density at radius 1 is 0.939 bits per heavy atom. The molecule has 0 bridgehead atoms. The second-order valence-corrected chi connectivity index (χ2v) is 12.7. The zero-order valence-electron chi connectivity index (χ0n) is 19.4. The molecule has 0 saturated heterocycles. The van der Waals surface area contributed by atoms with E-state index in [1.807, 2.05) is 60.7 Å². The highest BCUT2D eigenvalue weighted by Gasteiger charge is 2.42. The third kappa shape index (κ3) is 5.34. The lowest BCUT2D eigenvalue weighted by molar-refractivity contribution is -0.117. The molecule has 3 aromatic carbocycles. The molecule has 0 heterocycles. The van der Waals surface area contributed by atoms with E-state index in [2.05, 4.69) is 20.8 Å². The molecule has 2 N–H and O–H groups in total. The van der Waals surface area contributed by atoms with Crippen molar-refractivity contribution in [1.82, 2.24) is 0 Å². The van der Waals surface area contributed by atoms with Crippen LogP contribution in [0.15, 0.2) is 72.8 Å². The standard InChI is InChI=1S/C26H30Cl2N2O2Si/c1-25(2,3)33-32-26(18-11-7-5-8-12-18,19-13-9-6-10-14-19)23-20(27)15-16-21(24(23)28)30(4)22(31)17-29/h5-16H,17,29,33H2,1-4H3. The Labute approximate surface area is 208 Å². The quantitative estimate of drug-likeness (QED) is 0.342. The molecule has 3 rings (SSSR count). The molecule has 0 aliphatic rings. The van der Waals surface area contributed by atoms with E-state index in [9.17, 15) is 4.79 Å². The number of hydrogen-bond acceptors (Lipinski definition) is 3. The van der Waals surface area contributed by atoms with Crippen LogP contribution in [0.4, 0.5) is 5.69 Å². The van der Waals surface area contributed by atoms with Gasteiger partial charge in [-0.05, 0) is 28.3 Å². The Balaban J connectivity index is 2.40. The van der Waals surface area contributed by atoms with Crippen LogP contribution in [-0.4, -0.2) is 29.3 Å². The summed E-state index contributed by atoms with van der Waals surface area (Å²) in [6.07, 6.45) is 0. The number of hydrogen-bond donors (Lipinski definition) is 1. The van der Waals surface area contributed by atoms with Crippen molar-refractivity contribution in [3.63, 3.8) is 0 Å². The number of likely N-dealkylation sites (N-methyl/N-ethyl adjacent to an activating group) is 1. The molecule has 0 atom stereocenters. The van der Waals surface area contributed by atoms with Crippen LogP contribution in [0, 0.1) is 0 Å². The third-order valence-electron chi connectivity index (χ3n) is 5.42. The Bertz CT molecular complexity index is 1060. The topological polar surface area (TPSA) is 55.6 Å². The summed E-state index contributed by atoms with van der Waals surface area (Å²) in [4.78, 5) is 13.9. The highest BCUT2D eigenvalue weighted by Crippen LogP contribution is 2.49. The van der Waals surface area contributed by atoms with E-state index >= 15 is 0 Å². The van der Waals surface area contributed by atoms with Crippen molar-refractivity contribution in [2.45, 2.75) is 31.4 Å². The molecule has 0 aromatic heterocycles. The number of benzene rings is 3. The van der Waals surface area contributed by atoms with Crippen LogP contribution >= 0.6 is 23.2 Å². The summed E-state index contributed by atoms with van der Waals surface area (Å²) in [5, 5.41) is 0.841. The summed E-state index contributed by atoms with van der Waals surface area (Å²) >= 11 is 13.9. The van der Waals surface area contributed by atoms with Crippen molar-refractivity contribution in [2.24, 2.45) is 5.73 Å². The number of nitrogens with two attached hydrogens (primary N) is 1. The molecule has 0 spiro atoms. The first-order valence-electron chi connectivity index (χ1n) is 10.8. The number of nitrogens with zero attached hydrogens (tertiary/aromatic N) is 1. The molecule has 0 aliphatic heterocycles. The van der Waals surface area contributed by atoms with Crippen LogP contribution in [0.1, 0.15) is 37.5 Å². The van der Waals surface area contributed by atoms with Crippen LogP contribution in [0.3, 0.4) is 0 Å². The monoisotopic (exact) mass is 500 g/mol. The van der Waals surface area contributed by atoms with Gasteiger partial charge in [-0.25, -0.2) is 0 Å². The second-order valence-electron chi connectivity index (χ2n) is 9.17. The van der Waals surface area contributed by atoms with Crippen LogP contribution in [-0.2, 0) is 14.8 Å². The Morgan fingerprint density at radius 3 is 1.91 bits per heavy atom. The maximum atomic E-state index is 12.4. The van der Waals surface area contributed by atoms with Crippen LogP contribution in [0.2, 0.25) is 15.1 Å². The lowest BCUT2D eigenvalue weighted by Gasteiger charge is -2.40. The molecule has 0 saturated carbocycles. The first-order chi connectivity index (χ1) is 15.6. The summed E-state index contributed by atoms with van der Waals surface area (Å²) in [5.74, 6) is -0.250. The minimum absolute atomic E-state index is 0.0116. The van der Waals surface area contributed by atoms with Gasteiger partial charge in [-0.3, -0.25) is 4.79 Å². The Morgan fingerprint density at radius 2 is 1.45 bits per heavy atom. The van der Waals surface area contributed by atoms with Gasteiger partial charge in [0.1, 0.15) is 5.60 Å². The smallest absolute Gasteiger partial charge is 0.240 e. The molecule has 0 aliphatic carbocycles. The van der Waals surface area contributed by atoms with E-state index in [1.165, 1.54) is 4.90 Å². The normalized spacial score (nSPS) is 12.3. The fourth-order valence-corrected chi connectivity index (χ4v) is 5.65.